The molecule has 23 heavy (non-hydrogen) atoms. The number of hydrogen-bond acceptors (Lipinski definition) is 4. The maximum absolute atomic E-state index is 12.1. The molecule has 0 spiro atoms. The van der Waals surface area contributed by atoms with Crippen LogP contribution < -0.4 is 9.62 Å². The summed E-state index contributed by atoms with van der Waals surface area (Å²) in [4.78, 5) is 16.0. The number of sulfonamides is 1. The molecule has 1 amide bonds. The first-order valence-electron chi connectivity index (χ1n) is 7.16. The van der Waals surface area contributed by atoms with E-state index in [0.717, 1.165) is 11.8 Å². The fraction of sp³-hybridized carbons (Fsp3) is 0.250. The Labute approximate surface area is 136 Å². The van der Waals surface area contributed by atoms with Crippen LogP contribution in [0.5, 0.6) is 0 Å². The van der Waals surface area contributed by atoms with Gasteiger partial charge in [-0.25, -0.2) is 8.42 Å². The molecule has 7 heteroatoms. The predicted molar refractivity (Wildman–Crippen MR) is 89.7 cm³/mol. The number of carbonyl (C=O) groups excluding carboxylic acids is 1. The van der Waals surface area contributed by atoms with E-state index in [-0.39, 0.29) is 5.91 Å². The van der Waals surface area contributed by atoms with Crippen molar-refractivity contribution in [2.75, 3.05) is 17.1 Å². The van der Waals surface area contributed by atoms with Crippen molar-refractivity contribution in [3.63, 3.8) is 0 Å². The fourth-order valence-corrected chi connectivity index (χ4v) is 3.15. The molecule has 1 N–H and O–H groups in total. The Morgan fingerprint density at radius 1 is 1.13 bits per heavy atom. The number of nitrogens with one attached hydrogen (secondary N) is 1. The van der Waals surface area contributed by atoms with E-state index in [1.807, 2.05) is 12.1 Å². The number of benzene rings is 1. The summed E-state index contributed by atoms with van der Waals surface area (Å²) in [7, 11) is -3.32. The van der Waals surface area contributed by atoms with Crippen molar-refractivity contribution in [2.45, 2.75) is 13.5 Å². The van der Waals surface area contributed by atoms with E-state index in [9.17, 15) is 13.2 Å². The molecule has 1 aromatic heterocycles. The summed E-state index contributed by atoms with van der Waals surface area (Å²) >= 11 is 0. The van der Waals surface area contributed by atoms with Crippen molar-refractivity contribution in [3.8, 4) is 0 Å². The monoisotopic (exact) mass is 333 g/mol. The van der Waals surface area contributed by atoms with Gasteiger partial charge in [0.15, 0.2) is 0 Å². The minimum Gasteiger partial charge on any atom is -0.348 e. The first kappa shape index (κ1) is 17.0. The van der Waals surface area contributed by atoms with Crippen LogP contribution in [-0.2, 0) is 16.6 Å². The van der Waals surface area contributed by atoms with Gasteiger partial charge in [0.25, 0.3) is 5.91 Å². The zero-order valence-electron chi connectivity index (χ0n) is 13.1. The molecule has 0 saturated carbocycles. The van der Waals surface area contributed by atoms with Crippen LogP contribution in [0.3, 0.4) is 0 Å². The molecule has 0 radical (unpaired) electrons. The van der Waals surface area contributed by atoms with Crippen molar-refractivity contribution in [1.29, 1.82) is 0 Å². The number of pyridine rings is 1. The topological polar surface area (TPSA) is 79.4 Å². The molecule has 0 bridgehead atoms. The van der Waals surface area contributed by atoms with Gasteiger partial charge in [0.1, 0.15) is 0 Å². The van der Waals surface area contributed by atoms with Gasteiger partial charge < -0.3 is 5.32 Å². The molecular weight excluding hydrogens is 314 g/mol. The smallest absolute Gasteiger partial charge is 0.251 e. The lowest BCUT2D eigenvalue weighted by Crippen LogP contribution is -2.29. The quantitative estimate of drug-likeness (QED) is 0.874. The van der Waals surface area contributed by atoms with Gasteiger partial charge in [-0.15, -0.1) is 0 Å². The molecule has 1 heterocycles. The molecule has 0 aliphatic heterocycles. The molecule has 2 rings (SSSR count). The summed E-state index contributed by atoms with van der Waals surface area (Å²) in [6.07, 6.45) is 4.49. The summed E-state index contributed by atoms with van der Waals surface area (Å²) in [6.45, 7) is 2.51. The Kier molecular flexibility index (Phi) is 5.33. The van der Waals surface area contributed by atoms with Crippen molar-refractivity contribution in [2.24, 2.45) is 0 Å². The Bertz CT molecular complexity index is 759. The summed E-state index contributed by atoms with van der Waals surface area (Å²) in [5, 5.41) is 2.81. The third kappa shape index (κ3) is 4.53. The highest BCUT2D eigenvalue weighted by atomic mass is 32.2. The molecule has 0 fully saturated rings. The Balaban J connectivity index is 2.05. The van der Waals surface area contributed by atoms with Crippen molar-refractivity contribution in [3.05, 3.63) is 59.9 Å². The van der Waals surface area contributed by atoms with E-state index in [1.165, 1.54) is 4.31 Å². The number of hydrogen-bond donors (Lipinski definition) is 1. The van der Waals surface area contributed by atoms with Gasteiger partial charge in [0.2, 0.25) is 10.0 Å². The first-order valence-corrected chi connectivity index (χ1v) is 9.01. The number of anilines is 1. The zero-order chi connectivity index (χ0) is 16.9. The van der Waals surface area contributed by atoms with Crippen LogP contribution >= 0.6 is 0 Å². The van der Waals surface area contributed by atoms with Gasteiger partial charge in [-0.2, -0.15) is 0 Å². The SMILES string of the molecule is CCN(c1ccc(C(=O)NCc2ccncc2)cc1)S(C)(=O)=O. The Morgan fingerprint density at radius 2 is 1.74 bits per heavy atom. The van der Waals surface area contributed by atoms with Crippen LogP contribution in [0.25, 0.3) is 0 Å². The van der Waals surface area contributed by atoms with E-state index < -0.39 is 10.0 Å². The summed E-state index contributed by atoms with van der Waals surface area (Å²) in [5.74, 6) is -0.212. The Morgan fingerprint density at radius 3 is 2.26 bits per heavy atom. The van der Waals surface area contributed by atoms with Gasteiger partial charge in [-0.05, 0) is 48.9 Å². The normalized spacial score (nSPS) is 11.0. The molecule has 0 aliphatic carbocycles. The third-order valence-corrected chi connectivity index (χ3v) is 4.58. The second kappa shape index (κ2) is 7.23. The summed E-state index contributed by atoms with van der Waals surface area (Å²) in [5.41, 5.74) is 1.98. The fourth-order valence-electron chi connectivity index (χ4n) is 2.17. The van der Waals surface area contributed by atoms with Gasteiger partial charge >= 0.3 is 0 Å². The summed E-state index contributed by atoms with van der Waals surface area (Å²) < 4.78 is 24.6. The standard InChI is InChI=1S/C16H19N3O3S/c1-3-19(23(2,21)22)15-6-4-14(5-7-15)16(20)18-12-13-8-10-17-11-9-13/h4-11H,3,12H2,1-2H3,(H,18,20). The maximum atomic E-state index is 12.1. The largest absolute Gasteiger partial charge is 0.348 e. The number of amides is 1. The number of aromatic nitrogens is 1. The Hall–Kier alpha value is -2.41. The molecule has 0 unspecified atom stereocenters. The van der Waals surface area contributed by atoms with Gasteiger partial charge in [-0.3, -0.25) is 14.1 Å². The average Bonchev–Trinajstić information content (AvgIpc) is 2.53. The summed E-state index contributed by atoms with van der Waals surface area (Å²) in [6, 6.07) is 10.1. The van der Waals surface area contributed by atoms with Gasteiger partial charge in [0, 0.05) is 31.0 Å². The van der Waals surface area contributed by atoms with Crippen LogP contribution in [0, 0.1) is 0 Å². The molecule has 6 nitrogen and oxygen atoms in total. The van der Waals surface area contributed by atoms with Gasteiger partial charge in [-0.1, -0.05) is 0 Å². The van der Waals surface area contributed by atoms with Crippen molar-refractivity contribution >= 4 is 21.6 Å². The number of rotatable bonds is 6. The highest BCUT2D eigenvalue weighted by Crippen LogP contribution is 2.18. The number of nitrogens with zero attached hydrogens (tertiary/aromatic N) is 2. The average molecular weight is 333 g/mol. The lowest BCUT2D eigenvalue weighted by molar-refractivity contribution is 0.0951. The third-order valence-electron chi connectivity index (χ3n) is 3.31. The van der Waals surface area contributed by atoms with E-state index >= 15 is 0 Å². The second-order valence-electron chi connectivity index (χ2n) is 5.01. The van der Waals surface area contributed by atoms with E-state index in [1.54, 1.807) is 43.6 Å². The number of carbonyl (C=O) groups is 1. The predicted octanol–water partition coefficient (Wildman–Crippen LogP) is 1.80. The maximum Gasteiger partial charge on any atom is 0.251 e. The zero-order valence-corrected chi connectivity index (χ0v) is 13.9. The van der Waals surface area contributed by atoms with E-state index in [4.69, 9.17) is 0 Å². The van der Waals surface area contributed by atoms with Crippen LogP contribution in [0.4, 0.5) is 5.69 Å². The minimum atomic E-state index is -3.32. The molecule has 1 aromatic carbocycles. The molecule has 0 saturated heterocycles. The molecule has 0 aliphatic rings. The first-order chi connectivity index (χ1) is 10.9. The molecule has 0 atom stereocenters. The van der Waals surface area contributed by atoms with Gasteiger partial charge in [0.05, 0.1) is 11.9 Å². The molecule has 2 aromatic rings. The minimum absolute atomic E-state index is 0.212. The van der Waals surface area contributed by atoms with Crippen LogP contribution in [0.15, 0.2) is 48.8 Å². The van der Waals surface area contributed by atoms with Crippen LogP contribution in [0.1, 0.15) is 22.8 Å². The van der Waals surface area contributed by atoms with E-state index in [2.05, 4.69) is 10.3 Å². The lowest BCUT2D eigenvalue weighted by Gasteiger charge is -2.20. The van der Waals surface area contributed by atoms with Crippen molar-refractivity contribution in [1.82, 2.24) is 10.3 Å². The molecular formula is C16H19N3O3S. The second-order valence-corrected chi connectivity index (χ2v) is 6.92. The van der Waals surface area contributed by atoms with Crippen LogP contribution in [0.2, 0.25) is 0 Å². The lowest BCUT2D eigenvalue weighted by atomic mass is 10.2. The van der Waals surface area contributed by atoms with Crippen LogP contribution in [-0.4, -0.2) is 32.1 Å². The highest BCUT2D eigenvalue weighted by Gasteiger charge is 2.15. The molecule has 122 valence electrons. The van der Waals surface area contributed by atoms with E-state index in [0.29, 0.717) is 24.3 Å². The van der Waals surface area contributed by atoms with Crippen molar-refractivity contribution < 1.29 is 13.2 Å². The highest BCUT2D eigenvalue weighted by molar-refractivity contribution is 7.92.